The van der Waals surface area contributed by atoms with Crippen molar-refractivity contribution in [2.24, 2.45) is 5.41 Å². The molecule has 2 nitrogen and oxygen atoms in total. The molecule has 0 saturated carbocycles. The molecule has 0 aromatic heterocycles. The van der Waals surface area contributed by atoms with E-state index < -0.39 is 0 Å². The molecular formula is C10H16O2. The molecule has 0 aromatic carbocycles. The van der Waals surface area contributed by atoms with E-state index in [0.717, 1.165) is 18.8 Å². The SMILES string of the molecule is COCC1(C)C=CC(OC)=CC1. The van der Waals surface area contributed by atoms with Crippen LogP contribution in [0.5, 0.6) is 0 Å². The second-order valence-corrected chi connectivity index (χ2v) is 3.44. The molecule has 68 valence electrons. The monoisotopic (exact) mass is 168 g/mol. The summed E-state index contributed by atoms with van der Waals surface area (Å²) in [4.78, 5) is 0. The summed E-state index contributed by atoms with van der Waals surface area (Å²) < 4.78 is 10.2. The van der Waals surface area contributed by atoms with Gasteiger partial charge in [0, 0.05) is 12.5 Å². The van der Waals surface area contributed by atoms with E-state index in [2.05, 4.69) is 19.1 Å². The van der Waals surface area contributed by atoms with Gasteiger partial charge in [-0.2, -0.15) is 0 Å². The van der Waals surface area contributed by atoms with Gasteiger partial charge in [0.15, 0.2) is 0 Å². The van der Waals surface area contributed by atoms with E-state index in [1.54, 1.807) is 14.2 Å². The molecule has 0 radical (unpaired) electrons. The highest BCUT2D eigenvalue weighted by molar-refractivity contribution is 5.21. The predicted octanol–water partition coefficient (Wildman–Crippen LogP) is 2.13. The summed E-state index contributed by atoms with van der Waals surface area (Å²) in [6, 6.07) is 0. The Labute approximate surface area is 73.9 Å². The molecular weight excluding hydrogens is 152 g/mol. The fourth-order valence-electron chi connectivity index (χ4n) is 1.34. The molecule has 0 amide bonds. The Morgan fingerprint density at radius 2 is 2.25 bits per heavy atom. The zero-order valence-electron chi connectivity index (χ0n) is 7.96. The van der Waals surface area contributed by atoms with E-state index in [4.69, 9.17) is 9.47 Å². The lowest BCUT2D eigenvalue weighted by Crippen LogP contribution is -2.21. The minimum atomic E-state index is 0.150. The van der Waals surface area contributed by atoms with E-state index in [-0.39, 0.29) is 5.41 Å². The summed E-state index contributed by atoms with van der Waals surface area (Å²) in [5, 5.41) is 0. The summed E-state index contributed by atoms with van der Waals surface area (Å²) in [5.41, 5.74) is 0.150. The van der Waals surface area contributed by atoms with Crippen molar-refractivity contribution in [3.63, 3.8) is 0 Å². The zero-order chi connectivity index (χ0) is 9.03. The highest BCUT2D eigenvalue weighted by Gasteiger charge is 2.22. The van der Waals surface area contributed by atoms with Gasteiger partial charge in [-0.15, -0.1) is 0 Å². The van der Waals surface area contributed by atoms with Gasteiger partial charge in [-0.25, -0.2) is 0 Å². The first-order chi connectivity index (χ1) is 5.70. The smallest absolute Gasteiger partial charge is 0.114 e. The van der Waals surface area contributed by atoms with E-state index in [1.165, 1.54) is 0 Å². The van der Waals surface area contributed by atoms with Gasteiger partial charge >= 0.3 is 0 Å². The first kappa shape index (κ1) is 9.33. The van der Waals surface area contributed by atoms with Crippen molar-refractivity contribution in [3.05, 3.63) is 24.0 Å². The van der Waals surface area contributed by atoms with Gasteiger partial charge in [0.1, 0.15) is 5.76 Å². The van der Waals surface area contributed by atoms with E-state index in [0.29, 0.717) is 0 Å². The molecule has 0 bridgehead atoms. The number of hydrogen-bond acceptors (Lipinski definition) is 2. The van der Waals surface area contributed by atoms with Crippen LogP contribution in [0.25, 0.3) is 0 Å². The quantitative estimate of drug-likeness (QED) is 0.642. The summed E-state index contributed by atoms with van der Waals surface area (Å²) in [6.45, 7) is 2.94. The van der Waals surface area contributed by atoms with Crippen LogP contribution in [0.3, 0.4) is 0 Å². The Morgan fingerprint density at radius 3 is 2.67 bits per heavy atom. The van der Waals surface area contributed by atoms with Crippen LogP contribution in [-0.4, -0.2) is 20.8 Å². The van der Waals surface area contributed by atoms with Gasteiger partial charge in [0.05, 0.1) is 13.7 Å². The van der Waals surface area contributed by atoms with Gasteiger partial charge in [-0.05, 0) is 18.6 Å². The normalized spacial score (nSPS) is 28.4. The lowest BCUT2D eigenvalue weighted by molar-refractivity contribution is 0.121. The van der Waals surface area contributed by atoms with Gasteiger partial charge in [-0.3, -0.25) is 0 Å². The predicted molar refractivity (Wildman–Crippen MR) is 48.8 cm³/mol. The maximum absolute atomic E-state index is 5.13. The highest BCUT2D eigenvalue weighted by Crippen LogP contribution is 2.29. The van der Waals surface area contributed by atoms with Crippen LogP contribution in [0, 0.1) is 5.41 Å². The third kappa shape index (κ3) is 2.11. The molecule has 0 saturated heterocycles. The van der Waals surface area contributed by atoms with E-state index >= 15 is 0 Å². The van der Waals surface area contributed by atoms with Crippen molar-refractivity contribution in [1.29, 1.82) is 0 Å². The van der Waals surface area contributed by atoms with E-state index in [9.17, 15) is 0 Å². The molecule has 2 heteroatoms. The van der Waals surface area contributed by atoms with Crippen molar-refractivity contribution in [2.45, 2.75) is 13.3 Å². The Morgan fingerprint density at radius 1 is 1.50 bits per heavy atom. The van der Waals surface area contributed by atoms with Crippen molar-refractivity contribution < 1.29 is 9.47 Å². The Kier molecular flexibility index (Phi) is 2.93. The van der Waals surface area contributed by atoms with Crippen LogP contribution in [0.2, 0.25) is 0 Å². The average Bonchev–Trinajstić information content (AvgIpc) is 2.06. The third-order valence-electron chi connectivity index (χ3n) is 2.13. The van der Waals surface area contributed by atoms with Crippen LogP contribution in [-0.2, 0) is 9.47 Å². The first-order valence-electron chi connectivity index (χ1n) is 4.12. The lowest BCUT2D eigenvalue weighted by atomic mass is 9.84. The van der Waals surface area contributed by atoms with Crippen LogP contribution < -0.4 is 0 Å². The average molecular weight is 168 g/mol. The minimum absolute atomic E-state index is 0.150. The van der Waals surface area contributed by atoms with E-state index in [1.807, 2.05) is 6.08 Å². The van der Waals surface area contributed by atoms with Crippen molar-refractivity contribution in [1.82, 2.24) is 0 Å². The summed E-state index contributed by atoms with van der Waals surface area (Å²) in [5.74, 6) is 0.948. The van der Waals surface area contributed by atoms with Gasteiger partial charge in [0.2, 0.25) is 0 Å². The molecule has 0 spiro atoms. The minimum Gasteiger partial charge on any atom is -0.497 e. The Balaban J connectivity index is 2.57. The van der Waals surface area contributed by atoms with Crippen molar-refractivity contribution in [3.8, 4) is 0 Å². The Hall–Kier alpha value is -0.760. The molecule has 1 atom stereocenters. The summed E-state index contributed by atoms with van der Waals surface area (Å²) in [7, 11) is 3.42. The molecule has 0 aromatic rings. The maximum Gasteiger partial charge on any atom is 0.114 e. The standard InChI is InChI=1S/C10H16O2/c1-10(8-11-2)6-4-9(12-3)5-7-10/h4-6H,7-8H2,1-3H3. The third-order valence-corrected chi connectivity index (χ3v) is 2.13. The molecule has 12 heavy (non-hydrogen) atoms. The number of hydrogen-bond donors (Lipinski definition) is 0. The van der Waals surface area contributed by atoms with Gasteiger partial charge in [0.25, 0.3) is 0 Å². The van der Waals surface area contributed by atoms with Gasteiger partial charge < -0.3 is 9.47 Å². The second kappa shape index (κ2) is 3.76. The molecule has 0 heterocycles. The molecule has 0 fully saturated rings. The fourth-order valence-corrected chi connectivity index (χ4v) is 1.34. The summed E-state index contributed by atoms with van der Waals surface area (Å²) in [6.07, 6.45) is 7.23. The van der Waals surface area contributed by atoms with Crippen LogP contribution in [0.1, 0.15) is 13.3 Å². The molecule has 0 aliphatic heterocycles. The van der Waals surface area contributed by atoms with Crippen LogP contribution in [0.15, 0.2) is 24.0 Å². The first-order valence-corrected chi connectivity index (χ1v) is 4.12. The maximum atomic E-state index is 5.13. The molecule has 1 unspecified atom stereocenters. The molecule has 1 aliphatic rings. The Bertz CT molecular complexity index is 206. The van der Waals surface area contributed by atoms with Crippen molar-refractivity contribution >= 4 is 0 Å². The van der Waals surface area contributed by atoms with Crippen LogP contribution in [0.4, 0.5) is 0 Å². The number of rotatable bonds is 3. The number of allylic oxidation sites excluding steroid dienone is 2. The number of methoxy groups -OCH3 is 2. The molecule has 1 aliphatic carbocycles. The van der Waals surface area contributed by atoms with Crippen LogP contribution >= 0.6 is 0 Å². The number of ether oxygens (including phenoxy) is 2. The zero-order valence-corrected chi connectivity index (χ0v) is 7.96. The second-order valence-electron chi connectivity index (χ2n) is 3.44. The summed E-state index contributed by atoms with van der Waals surface area (Å²) >= 11 is 0. The molecule has 1 rings (SSSR count). The largest absolute Gasteiger partial charge is 0.497 e. The van der Waals surface area contributed by atoms with Crippen molar-refractivity contribution in [2.75, 3.05) is 20.8 Å². The molecule has 0 N–H and O–H groups in total. The lowest BCUT2D eigenvalue weighted by Gasteiger charge is -2.26. The highest BCUT2D eigenvalue weighted by atomic mass is 16.5. The fraction of sp³-hybridized carbons (Fsp3) is 0.600. The topological polar surface area (TPSA) is 18.5 Å². The van der Waals surface area contributed by atoms with Gasteiger partial charge in [-0.1, -0.05) is 13.0 Å².